The number of amides is 1. The van der Waals surface area contributed by atoms with Gasteiger partial charge in [0.15, 0.2) is 0 Å². The van der Waals surface area contributed by atoms with Crippen LogP contribution in [0.4, 0.5) is 0 Å². The van der Waals surface area contributed by atoms with E-state index in [4.69, 9.17) is 0 Å². The summed E-state index contributed by atoms with van der Waals surface area (Å²) in [5.41, 5.74) is 1.47. The molecule has 5 heteroatoms. The van der Waals surface area contributed by atoms with Gasteiger partial charge in [0.2, 0.25) is 0 Å². The number of carbonyl (C=O) groups excluding carboxylic acids is 1. The minimum Gasteiger partial charge on any atom is -0.341 e. The Bertz CT molecular complexity index is 813. The van der Waals surface area contributed by atoms with Crippen molar-refractivity contribution < 1.29 is 4.79 Å². The zero-order valence-corrected chi connectivity index (χ0v) is 15.9. The van der Waals surface area contributed by atoms with Gasteiger partial charge in [0, 0.05) is 27.8 Å². The highest BCUT2D eigenvalue weighted by molar-refractivity contribution is 7.98. The molecule has 3 aromatic rings. The molecule has 1 N–H and O–H groups in total. The average Bonchev–Trinajstić information content (AvgIpc) is 3.17. The van der Waals surface area contributed by atoms with E-state index in [-0.39, 0.29) is 5.91 Å². The van der Waals surface area contributed by atoms with E-state index in [1.807, 2.05) is 61.7 Å². The van der Waals surface area contributed by atoms with Gasteiger partial charge < -0.3 is 5.32 Å². The minimum absolute atomic E-state index is 0.0835. The van der Waals surface area contributed by atoms with E-state index < -0.39 is 5.54 Å². The van der Waals surface area contributed by atoms with Crippen LogP contribution in [0.2, 0.25) is 0 Å². The smallest absolute Gasteiger partial charge is 0.252 e. The number of thiazole rings is 1. The third kappa shape index (κ3) is 4.71. The Kier molecular flexibility index (Phi) is 5.56. The van der Waals surface area contributed by atoms with E-state index in [0.717, 1.165) is 15.7 Å². The van der Waals surface area contributed by atoms with Gasteiger partial charge >= 0.3 is 0 Å². The third-order valence-electron chi connectivity index (χ3n) is 3.76. The zero-order valence-electron chi connectivity index (χ0n) is 14.2. The van der Waals surface area contributed by atoms with Gasteiger partial charge in [-0.15, -0.1) is 23.1 Å². The van der Waals surface area contributed by atoms with Crippen molar-refractivity contribution in [2.45, 2.75) is 30.0 Å². The molecule has 0 atom stereocenters. The van der Waals surface area contributed by atoms with Gasteiger partial charge in [-0.1, -0.05) is 30.3 Å². The van der Waals surface area contributed by atoms with Crippen molar-refractivity contribution in [3.05, 3.63) is 82.3 Å². The number of nitrogens with one attached hydrogen (secondary N) is 1. The Labute approximate surface area is 156 Å². The summed E-state index contributed by atoms with van der Waals surface area (Å²) in [6, 6.07) is 18.1. The molecule has 0 aliphatic heterocycles. The van der Waals surface area contributed by atoms with E-state index in [9.17, 15) is 4.79 Å². The predicted molar refractivity (Wildman–Crippen MR) is 105 cm³/mol. The monoisotopic (exact) mass is 368 g/mol. The van der Waals surface area contributed by atoms with Crippen molar-refractivity contribution in [3.63, 3.8) is 0 Å². The number of rotatable bonds is 6. The number of thioether (sulfide) groups is 1. The van der Waals surface area contributed by atoms with Crippen molar-refractivity contribution in [1.82, 2.24) is 10.3 Å². The quantitative estimate of drug-likeness (QED) is 0.616. The summed E-state index contributed by atoms with van der Waals surface area (Å²) in [5.74, 6) is 0.837. The van der Waals surface area contributed by atoms with Gasteiger partial charge in [-0.2, -0.15) is 0 Å². The largest absolute Gasteiger partial charge is 0.341 e. The average molecular weight is 369 g/mol. The van der Waals surface area contributed by atoms with Gasteiger partial charge in [-0.05, 0) is 43.7 Å². The highest BCUT2D eigenvalue weighted by atomic mass is 32.2. The highest BCUT2D eigenvalue weighted by Gasteiger charge is 2.25. The molecule has 1 amide bonds. The number of benzene rings is 2. The fourth-order valence-electron chi connectivity index (χ4n) is 2.39. The van der Waals surface area contributed by atoms with Crippen LogP contribution in [0.25, 0.3) is 0 Å². The minimum atomic E-state index is -0.480. The first kappa shape index (κ1) is 17.7. The molecule has 0 bridgehead atoms. The standard InChI is InChI=1S/C20H20N2OS2/c1-20(2,19-21-12-13-24-19)22-18(23)16-8-10-17(11-9-16)25-14-15-6-4-3-5-7-15/h3-13H,14H2,1-2H3,(H,22,23). The van der Waals surface area contributed by atoms with E-state index in [2.05, 4.69) is 22.4 Å². The van der Waals surface area contributed by atoms with Crippen LogP contribution in [0.15, 0.2) is 71.1 Å². The van der Waals surface area contributed by atoms with Crippen LogP contribution < -0.4 is 5.32 Å². The maximum atomic E-state index is 12.5. The van der Waals surface area contributed by atoms with Crippen LogP contribution in [-0.4, -0.2) is 10.9 Å². The predicted octanol–water partition coefficient (Wildman–Crippen LogP) is 5.10. The second-order valence-electron chi connectivity index (χ2n) is 6.22. The fourth-order valence-corrected chi connectivity index (χ4v) is 3.96. The normalized spacial score (nSPS) is 11.3. The number of carbonyl (C=O) groups is 1. The maximum absolute atomic E-state index is 12.5. The molecule has 0 saturated heterocycles. The van der Waals surface area contributed by atoms with Gasteiger partial charge in [-0.25, -0.2) is 4.98 Å². The summed E-state index contributed by atoms with van der Waals surface area (Å²) in [4.78, 5) is 18.0. The molecule has 0 unspecified atom stereocenters. The molecule has 2 aromatic carbocycles. The lowest BCUT2D eigenvalue weighted by Gasteiger charge is -2.23. The van der Waals surface area contributed by atoms with E-state index in [1.54, 1.807) is 29.3 Å². The number of hydrogen-bond acceptors (Lipinski definition) is 4. The van der Waals surface area contributed by atoms with Crippen LogP contribution >= 0.6 is 23.1 Å². The maximum Gasteiger partial charge on any atom is 0.252 e. The van der Waals surface area contributed by atoms with Crippen molar-refractivity contribution >= 4 is 29.0 Å². The molecular formula is C20H20N2OS2. The Hall–Kier alpha value is -2.11. The lowest BCUT2D eigenvalue weighted by Crippen LogP contribution is -2.40. The van der Waals surface area contributed by atoms with Crippen LogP contribution in [-0.2, 0) is 11.3 Å². The molecule has 0 radical (unpaired) electrons. The Morgan fingerprint density at radius 1 is 1.12 bits per heavy atom. The summed E-state index contributed by atoms with van der Waals surface area (Å²) in [5, 5.41) is 5.87. The Morgan fingerprint density at radius 2 is 1.84 bits per heavy atom. The molecule has 0 aliphatic carbocycles. The molecule has 0 saturated carbocycles. The summed E-state index contributed by atoms with van der Waals surface area (Å²) in [6.45, 7) is 3.93. The molecule has 25 heavy (non-hydrogen) atoms. The molecule has 1 heterocycles. The molecule has 1 aromatic heterocycles. The number of hydrogen-bond donors (Lipinski definition) is 1. The first-order chi connectivity index (χ1) is 12.0. The summed E-state index contributed by atoms with van der Waals surface area (Å²) < 4.78 is 0. The molecule has 3 rings (SSSR count). The lowest BCUT2D eigenvalue weighted by molar-refractivity contribution is 0.0912. The summed E-state index contributed by atoms with van der Waals surface area (Å²) >= 11 is 3.31. The fraction of sp³-hybridized carbons (Fsp3) is 0.200. The lowest BCUT2D eigenvalue weighted by atomic mass is 10.1. The van der Waals surface area contributed by atoms with Crippen LogP contribution in [0.3, 0.4) is 0 Å². The van der Waals surface area contributed by atoms with E-state index in [1.165, 1.54) is 5.56 Å². The summed E-state index contributed by atoms with van der Waals surface area (Å²) in [6.07, 6.45) is 1.76. The molecule has 0 aliphatic rings. The van der Waals surface area contributed by atoms with Crippen molar-refractivity contribution in [2.75, 3.05) is 0 Å². The van der Waals surface area contributed by atoms with E-state index >= 15 is 0 Å². The van der Waals surface area contributed by atoms with E-state index in [0.29, 0.717) is 5.56 Å². The molecule has 3 nitrogen and oxygen atoms in total. The SMILES string of the molecule is CC(C)(NC(=O)c1ccc(SCc2ccccc2)cc1)c1nccs1. The van der Waals surface area contributed by atoms with Gasteiger partial charge in [0.25, 0.3) is 5.91 Å². The topological polar surface area (TPSA) is 42.0 Å². The van der Waals surface area contributed by atoms with Gasteiger partial charge in [0.1, 0.15) is 5.01 Å². The first-order valence-electron chi connectivity index (χ1n) is 8.04. The van der Waals surface area contributed by atoms with Crippen molar-refractivity contribution in [2.24, 2.45) is 0 Å². The number of nitrogens with zero attached hydrogens (tertiary/aromatic N) is 1. The van der Waals surface area contributed by atoms with Crippen LogP contribution in [0.1, 0.15) is 34.8 Å². The van der Waals surface area contributed by atoms with Crippen LogP contribution in [0.5, 0.6) is 0 Å². The molecule has 128 valence electrons. The molecule has 0 fully saturated rings. The zero-order chi connectivity index (χ0) is 17.7. The molecular weight excluding hydrogens is 348 g/mol. The van der Waals surface area contributed by atoms with Crippen molar-refractivity contribution in [3.8, 4) is 0 Å². The van der Waals surface area contributed by atoms with Crippen LogP contribution in [0, 0.1) is 0 Å². The second-order valence-corrected chi connectivity index (χ2v) is 8.16. The first-order valence-corrected chi connectivity index (χ1v) is 9.90. The molecule has 0 spiro atoms. The highest BCUT2D eigenvalue weighted by Crippen LogP contribution is 2.25. The summed E-state index contributed by atoms with van der Waals surface area (Å²) in [7, 11) is 0. The number of aromatic nitrogens is 1. The Morgan fingerprint density at radius 3 is 2.48 bits per heavy atom. The van der Waals surface area contributed by atoms with Gasteiger partial charge in [0.05, 0.1) is 5.54 Å². The van der Waals surface area contributed by atoms with Crippen molar-refractivity contribution in [1.29, 1.82) is 0 Å². The Balaban J connectivity index is 1.61. The van der Waals surface area contributed by atoms with Gasteiger partial charge in [-0.3, -0.25) is 4.79 Å². The second kappa shape index (κ2) is 7.85. The third-order valence-corrected chi connectivity index (χ3v) is 5.94.